The minimum atomic E-state index is 0.141. The van der Waals surface area contributed by atoms with Crippen LogP contribution in [-0.2, 0) is 11.4 Å². The fourth-order valence-electron chi connectivity index (χ4n) is 3.72. The van der Waals surface area contributed by atoms with E-state index in [1.165, 1.54) is 0 Å². The molecule has 2 unspecified atom stereocenters. The average molecular weight is 364 g/mol. The third kappa shape index (κ3) is 3.72. The molecule has 1 aromatic heterocycles. The third-order valence-electron chi connectivity index (χ3n) is 4.78. The fraction of sp³-hybridized carbons (Fsp3) is 0.333. The van der Waals surface area contributed by atoms with E-state index in [4.69, 9.17) is 4.74 Å². The van der Waals surface area contributed by atoms with Gasteiger partial charge in [0.05, 0.1) is 30.1 Å². The maximum Gasteiger partial charge on any atom is 0.221 e. The van der Waals surface area contributed by atoms with Crippen molar-refractivity contribution in [3.8, 4) is 5.88 Å². The smallest absolute Gasteiger partial charge is 0.221 e. The van der Waals surface area contributed by atoms with Gasteiger partial charge in [-0.05, 0) is 32.0 Å². The van der Waals surface area contributed by atoms with Gasteiger partial charge >= 0.3 is 0 Å². The molecule has 1 N–H and O–H groups in total. The molecule has 0 amide bonds. The number of hydrogen-bond acceptors (Lipinski definition) is 5. The molecule has 2 heterocycles. The molecule has 1 aliphatic rings. The number of hydrogen-bond donors (Lipinski definition) is 1. The number of ether oxygens (including phenoxy) is 1. The number of fused-ring (bicyclic) bond motifs is 1. The van der Waals surface area contributed by atoms with Gasteiger partial charge in [-0.1, -0.05) is 36.4 Å². The highest BCUT2D eigenvalue weighted by Gasteiger charge is 2.24. The Bertz CT molecular complexity index is 941. The van der Waals surface area contributed by atoms with Crippen LogP contribution >= 0.6 is 0 Å². The summed E-state index contributed by atoms with van der Waals surface area (Å²) in [6, 6.07) is 17.4. The Morgan fingerprint density at radius 3 is 2.37 bits per heavy atom. The molecule has 4 rings (SSSR count). The van der Waals surface area contributed by atoms with Crippen LogP contribution in [-0.4, -0.2) is 39.9 Å². The van der Waals surface area contributed by atoms with Crippen LogP contribution in [0.1, 0.15) is 13.8 Å². The zero-order valence-electron chi connectivity index (χ0n) is 15.6. The van der Waals surface area contributed by atoms with E-state index in [2.05, 4.69) is 29.0 Å². The lowest BCUT2D eigenvalue weighted by Crippen LogP contribution is -2.45. The van der Waals surface area contributed by atoms with E-state index in [1.807, 2.05) is 59.2 Å². The Morgan fingerprint density at radius 1 is 0.963 bits per heavy atom. The van der Waals surface area contributed by atoms with E-state index in [1.54, 1.807) is 0 Å². The van der Waals surface area contributed by atoms with Gasteiger partial charge in [0, 0.05) is 18.5 Å². The highest BCUT2D eigenvalue weighted by molar-refractivity contribution is 5.95. The predicted molar refractivity (Wildman–Crippen MR) is 106 cm³/mol. The molecule has 0 radical (unpaired) electrons. The molecular formula is C21H24N4O2. The first-order valence-corrected chi connectivity index (χ1v) is 9.26. The molecule has 0 bridgehead atoms. The van der Waals surface area contributed by atoms with Gasteiger partial charge in [-0.15, -0.1) is 5.11 Å². The molecule has 0 saturated carbocycles. The van der Waals surface area contributed by atoms with E-state index in [0.717, 1.165) is 29.7 Å². The highest BCUT2D eigenvalue weighted by Crippen LogP contribution is 2.39. The predicted octanol–water partition coefficient (Wildman–Crippen LogP) is 4.83. The average Bonchev–Trinajstić information content (AvgIpc) is 2.92. The van der Waals surface area contributed by atoms with Gasteiger partial charge in [0.15, 0.2) is 5.69 Å². The molecule has 1 fully saturated rings. The van der Waals surface area contributed by atoms with Crippen molar-refractivity contribution in [1.82, 2.24) is 9.47 Å². The molecule has 1 aliphatic heterocycles. The topological polar surface area (TPSA) is 62.3 Å². The molecule has 0 aliphatic carbocycles. The monoisotopic (exact) mass is 364 g/mol. The maximum absolute atomic E-state index is 10.9. The number of rotatable bonds is 4. The standard InChI is InChI=1S/C21H24N4O2/c1-15-12-24(13-16(2)27-15)14-25-19-11-7-6-10-18(19)20(21(25)26)23-22-17-8-4-3-5-9-17/h3-11,15-16,26H,12-14H2,1-2H3. The second-order valence-electron chi connectivity index (χ2n) is 7.09. The molecule has 27 heavy (non-hydrogen) atoms. The number of azo groups is 1. The number of aromatic hydroxyl groups is 1. The molecular weight excluding hydrogens is 340 g/mol. The second kappa shape index (κ2) is 7.50. The zero-order chi connectivity index (χ0) is 18.8. The van der Waals surface area contributed by atoms with Crippen LogP contribution in [0.2, 0.25) is 0 Å². The van der Waals surface area contributed by atoms with Crippen molar-refractivity contribution >= 4 is 22.3 Å². The molecule has 6 heteroatoms. The molecule has 6 nitrogen and oxygen atoms in total. The number of benzene rings is 2. The van der Waals surface area contributed by atoms with Gasteiger partial charge in [0.25, 0.3) is 0 Å². The quantitative estimate of drug-likeness (QED) is 0.675. The van der Waals surface area contributed by atoms with E-state index in [9.17, 15) is 5.11 Å². The van der Waals surface area contributed by atoms with Crippen LogP contribution in [0.4, 0.5) is 11.4 Å². The summed E-state index contributed by atoms with van der Waals surface area (Å²) in [6.07, 6.45) is 0.352. The van der Waals surface area contributed by atoms with Gasteiger partial charge in [0.1, 0.15) is 0 Å². The summed E-state index contributed by atoms with van der Waals surface area (Å²) in [5.74, 6) is 0.141. The summed E-state index contributed by atoms with van der Waals surface area (Å²) in [5.41, 5.74) is 2.21. The van der Waals surface area contributed by atoms with Crippen LogP contribution in [0.25, 0.3) is 10.9 Å². The summed E-state index contributed by atoms with van der Waals surface area (Å²) < 4.78 is 7.72. The van der Waals surface area contributed by atoms with E-state index in [-0.39, 0.29) is 18.1 Å². The van der Waals surface area contributed by atoms with Gasteiger partial charge in [0.2, 0.25) is 5.88 Å². The summed E-state index contributed by atoms with van der Waals surface area (Å²) in [4.78, 5) is 2.29. The zero-order valence-corrected chi connectivity index (χ0v) is 15.6. The van der Waals surface area contributed by atoms with Crippen molar-refractivity contribution in [2.24, 2.45) is 10.2 Å². The van der Waals surface area contributed by atoms with Crippen LogP contribution in [0.3, 0.4) is 0 Å². The first kappa shape index (κ1) is 17.7. The fourth-order valence-corrected chi connectivity index (χ4v) is 3.72. The number of para-hydroxylation sites is 1. The van der Waals surface area contributed by atoms with Gasteiger partial charge in [-0.3, -0.25) is 9.47 Å². The first-order chi connectivity index (χ1) is 13.1. The third-order valence-corrected chi connectivity index (χ3v) is 4.78. The summed E-state index contributed by atoms with van der Waals surface area (Å²) >= 11 is 0. The SMILES string of the molecule is CC1CN(Cn2c(O)c(N=Nc3ccccc3)c3ccccc32)CC(C)O1. The number of morpholine rings is 1. The Morgan fingerprint density at radius 2 is 1.63 bits per heavy atom. The number of nitrogens with zero attached hydrogens (tertiary/aromatic N) is 4. The Kier molecular flexibility index (Phi) is 4.92. The van der Waals surface area contributed by atoms with Gasteiger partial charge in [-0.25, -0.2) is 0 Å². The first-order valence-electron chi connectivity index (χ1n) is 9.26. The lowest BCUT2D eigenvalue weighted by molar-refractivity contribution is -0.0765. The minimum Gasteiger partial charge on any atom is -0.493 e. The molecule has 2 aromatic carbocycles. The molecule has 0 spiro atoms. The van der Waals surface area contributed by atoms with Gasteiger partial charge in [-0.2, -0.15) is 5.11 Å². The van der Waals surface area contributed by atoms with Crippen molar-refractivity contribution in [2.75, 3.05) is 13.1 Å². The minimum absolute atomic E-state index is 0.141. The van der Waals surface area contributed by atoms with Crippen molar-refractivity contribution in [2.45, 2.75) is 32.7 Å². The van der Waals surface area contributed by atoms with Crippen molar-refractivity contribution in [3.63, 3.8) is 0 Å². The lowest BCUT2D eigenvalue weighted by atomic mass is 10.2. The van der Waals surface area contributed by atoms with E-state index >= 15 is 0 Å². The highest BCUT2D eigenvalue weighted by atomic mass is 16.5. The van der Waals surface area contributed by atoms with Crippen molar-refractivity contribution in [1.29, 1.82) is 0 Å². The molecule has 1 saturated heterocycles. The van der Waals surface area contributed by atoms with Crippen LogP contribution < -0.4 is 0 Å². The number of aromatic nitrogens is 1. The summed E-state index contributed by atoms with van der Waals surface area (Å²) in [5, 5.41) is 20.4. The lowest BCUT2D eigenvalue weighted by Gasteiger charge is -2.35. The van der Waals surface area contributed by atoms with E-state index in [0.29, 0.717) is 12.4 Å². The van der Waals surface area contributed by atoms with Crippen molar-refractivity contribution < 1.29 is 9.84 Å². The largest absolute Gasteiger partial charge is 0.493 e. The Labute approximate surface area is 158 Å². The molecule has 140 valence electrons. The Balaban J connectivity index is 1.69. The second-order valence-corrected chi connectivity index (χ2v) is 7.09. The van der Waals surface area contributed by atoms with E-state index < -0.39 is 0 Å². The van der Waals surface area contributed by atoms with Crippen LogP contribution in [0.5, 0.6) is 5.88 Å². The summed E-state index contributed by atoms with van der Waals surface area (Å²) in [6.45, 7) is 6.41. The Hall–Kier alpha value is -2.70. The van der Waals surface area contributed by atoms with Crippen molar-refractivity contribution in [3.05, 3.63) is 54.6 Å². The van der Waals surface area contributed by atoms with Gasteiger partial charge < -0.3 is 9.84 Å². The van der Waals surface area contributed by atoms with Crippen LogP contribution in [0.15, 0.2) is 64.8 Å². The normalized spacial score (nSPS) is 21.3. The maximum atomic E-state index is 10.9. The van der Waals surface area contributed by atoms with Crippen LogP contribution in [0, 0.1) is 0 Å². The summed E-state index contributed by atoms with van der Waals surface area (Å²) in [7, 11) is 0. The molecule has 2 atom stereocenters. The molecule has 3 aromatic rings.